The van der Waals surface area contributed by atoms with Crippen molar-refractivity contribution in [2.24, 2.45) is 5.73 Å². The van der Waals surface area contributed by atoms with Crippen LogP contribution in [0.25, 0.3) is 0 Å². The molecule has 0 saturated carbocycles. The molecule has 0 unspecified atom stereocenters. The number of amidine groups is 1. The first kappa shape index (κ1) is 11.6. The van der Waals surface area contributed by atoms with E-state index in [2.05, 4.69) is 9.71 Å². The van der Waals surface area contributed by atoms with E-state index < -0.39 is 10.0 Å². The summed E-state index contributed by atoms with van der Waals surface area (Å²) in [5, 5.41) is 6.94. The van der Waals surface area contributed by atoms with E-state index >= 15 is 0 Å². The monoisotopic (exact) mass is 228 g/mol. The van der Waals surface area contributed by atoms with Crippen LogP contribution in [-0.4, -0.2) is 25.8 Å². The number of pyridine rings is 1. The normalized spacial score (nSPS) is 11.2. The average Bonchev–Trinajstić information content (AvgIpc) is 2.18. The zero-order valence-electron chi connectivity index (χ0n) is 7.97. The molecule has 0 radical (unpaired) electrons. The molecule has 1 aromatic rings. The molecule has 1 aromatic heterocycles. The lowest BCUT2D eigenvalue weighted by Gasteiger charge is -2.04. The van der Waals surface area contributed by atoms with Crippen molar-refractivity contribution in [2.75, 3.05) is 6.54 Å². The smallest absolute Gasteiger partial charge is 0.242 e. The second-order valence-electron chi connectivity index (χ2n) is 2.86. The fourth-order valence-electron chi connectivity index (χ4n) is 0.909. The number of hydrogen-bond acceptors (Lipinski definition) is 4. The van der Waals surface area contributed by atoms with Crippen molar-refractivity contribution in [1.82, 2.24) is 9.71 Å². The molecule has 0 amide bonds. The van der Waals surface area contributed by atoms with Crippen molar-refractivity contribution < 1.29 is 8.42 Å². The van der Waals surface area contributed by atoms with Gasteiger partial charge in [-0.2, -0.15) is 0 Å². The SMILES string of the molecule is N=C(N)CCNS(=O)(=O)c1cccnc1. The Morgan fingerprint density at radius 2 is 2.33 bits per heavy atom. The first-order valence-electron chi connectivity index (χ1n) is 4.25. The summed E-state index contributed by atoms with van der Waals surface area (Å²) in [6, 6.07) is 2.99. The number of sulfonamides is 1. The highest BCUT2D eigenvalue weighted by atomic mass is 32.2. The molecular weight excluding hydrogens is 216 g/mol. The van der Waals surface area contributed by atoms with Gasteiger partial charge in [0.15, 0.2) is 0 Å². The minimum atomic E-state index is -3.52. The van der Waals surface area contributed by atoms with E-state index in [1.165, 1.54) is 18.5 Å². The zero-order valence-corrected chi connectivity index (χ0v) is 8.79. The third kappa shape index (κ3) is 3.64. The van der Waals surface area contributed by atoms with Gasteiger partial charge in [0.1, 0.15) is 4.90 Å². The van der Waals surface area contributed by atoms with Crippen LogP contribution in [0.1, 0.15) is 6.42 Å². The molecule has 0 saturated heterocycles. The molecular formula is C8H12N4O2S. The van der Waals surface area contributed by atoms with Gasteiger partial charge in [-0.3, -0.25) is 10.4 Å². The van der Waals surface area contributed by atoms with Crippen LogP contribution in [0.15, 0.2) is 29.4 Å². The maximum Gasteiger partial charge on any atom is 0.242 e. The van der Waals surface area contributed by atoms with Crippen LogP contribution in [0.2, 0.25) is 0 Å². The van der Waals surface area contributed by atoms with Gasteiger partial charge < -0.3 is 5.73 Å². The number of hydrogen-bond donors (Lipinski definition) is 3. The quantitative estimate of drug-likeness (QED) is 0.474. The molecule has 4 N–H and O–H groups in total. The predicted molar refractivity (Wildman–Crippen MR) is 56.0 cm³/mol. The lowest BCUT2D eigenvalue weighted by Crippen LogP contribution is -2.27. The van der Waals surface area contributed by atoms with Crippen molar-refractivity contribution in [2.45, 2.75) is 11.3 Å². The van der Waals surface area contributed by atoms with Crippen LogP contribution in [0.5, 0.6) is 0 Å². The molecule has 0 atom stereocenters. The Hall–Kier alpha value is -1.47. The van der Waals surface area contributed by atoms with Crippen LogP contribution in [0, 0.1) is 5.41 Å². The molecule has 0 bridgehead atoms. The van der Waals surface area contributed by atoms with Crippen LogP contribution in [-0.2, 0) is 10.0 Å². The number of nitrogens with one attached hydrogen (secondary N) is 2. The van der Waals surface area contributed by atoms with Crippen molar-refractivity contribution >= 4 is 15.9 Å². The minimum absolute atomic E-state index is 0.0520. The summed E-state index contributed by atoms with van der Waals surface area (Å²) in [5.74, 6) is -0.0520. The molecule has 0 aromatic carbocycles. The lowest BCUT2D eigenvalue weighted by molar-refractivity contribution is 0.582. The molecule has 1 heterocycles. The van der Waals surface area contributed by atoms with Crippen LogP contribution in [0.4, 0.5) is 0 Å². The Labute approximate surface area is 88.1 Å². The lowest BCUT2D eigenvalue weighted by atomic mass is 10.4. The van der Waals surface area contributed by atoms with Crippen LogP contribution >= 0.6 is 0 Å². The van der Waals surface area contributed by atoms with E-state index in [-0.39, 0.29) is 23.7 Å². The Balaban J connectivity index is 2.65. The molecule has 0 aliphatic heterocycles. The van der Waals surface area contributed by atoms with E-state index in [4.69, 9.17) is 11.1 Å². The second kappa shape index (κ2) is 4.85. The van der Waals surface area contributed by atoms with E-state index in [0.717, 1.165) is 0 Å². The second-order valence-corrected chi connectivity index (χ2v) is 4.63. The zero-order chi connectivity index (χ0) is 11.3. The third-order valence-corrected chi connectivity index (χ3v) is 3.08. The summed E-state index contributed by atoms with van der Waals surface area (Å²) in [6.07, 6.45) is 2.95. The maximum absolute atomic E-state index is 11.6. The molecule has 6 nitrogen and oxygen atoms in total. The highest BCUT2D eigenvalue weighted by Gasteiger charge is 2.12. The van der Waals surface area contributed by atoms with E-state index in [1.54, 1.807) is 6.07 Å². The van der Waals surface area contributed by atoms with Gasteiger partial charge in [0.2, 0.25) is 10.0 Å². The van der Waals surface area contributed by atoms with Gasteiger partial charge in [-0.1, -0.05) is 0 Å². The molecule has 0 aliphatic rings. The molecule has 0 spiro atoms. The Morgan fingerprint density at radius 1 is 1.60 bits per heavy atom. The third-order valence-electron chi connectivity index (χ3n) is 1.63. The maximum atomic E-state index is 11.6. The molecule has 0 fully saturated rings. The number of nitrogens with zero attached hydrogens (tertiary/aromatic N) is 1. The minimum Gasteiger partial charge on any atom is -0.388 e. The molecule has 7 heteroatoms. The Kier molecular flexibility index (Phi) is 3.75. The Morgan fingerprint density at radius 3 is 2.87 bits per heavy atom. The summed E-state index contributed by atoms with van der Waals surface area (Å²) in [6.45, 7) is 0.118. The standard InChI is InChI=1S/C8H12N4O2S/c9-8(10)3-5-12-15(13,14)7-2-1-4-11-6-7/h1-2,4,6,12H,3,5H2,(H3,9,10). The molecule has 82 valence electrons. The van der Waals surface area contributed by atoms with Gasteiger partial charge in [-0.05, 0) is 12.1 Å². The largest absolute Gasteiger partial charge is 0.388 e. The number of aromatic nitrogens is 1. The first-order chi connectivity index (χ1) is 7.02. The predicted octanol–water partition coefficient (Wildman–Crippen LogP) is -0.314. The summed E-state index contributed by atoms with van der Waals surface area (Å²) in [7, 11) is -3.52. The van der Waals surface area contributed by atoms with E-state index in [1.807, 2.05) is 0 Å². The molecule has 1 rings (SSSR count). The van der Waals surface area contributed by atoms with Gasteiger partial charge in [-0.25, -0.2) is 13.1 Å². The van der Waals surface area contributed by atoms with E-state index in [9.17, 15) is 8.42 Å². The fourth-order valence-corrected chi connectivity index (χ4v) is 1.90. The van der Waals surface area contributed by atoms with Crippen molar-refractivity contribution in [3.63, 3.8) is 0 Å². The summed E-state index contributed by atoms with van der Waals surface area (Å²) < 4.78 is 25.4. The molecule has 0 aliphatic carbocycles. The Bertz CT molecular complexity index is 429. The average molecular weight is 228 g/mol. The molecule has 15 heavy (non-hydrogen) atoms. The van der Waals surface area contributed by atoms with E-state index in [0.29, 0.717) is 0 Å². The first-order valence-corrected chi connectivity index (χ1v) is 5.73. The van der Waals surface area contributed by atoms with Gasteiger partial charge >= 0.3 is 0 Å². The topological polar surface area (TPSA) is 109 Å². The number of rotatable bonds is 5. The summed E-state index contributed by atoms with van der Waals surface area (Å²) >= 11 is 0. The van der Waals surface area contributed by atoms with Crippen molar-refractivity contribution in [3.8, 4) is 0 Å². The van der Waals surface area contributed by atoms with Gasteiger partial charge in [0.05, 0.1) is 5.84 Å². The van der Waals surface area contributed by atoms with Crippen molar-refractivity contribution in [1.29, 1.82) is 5.41 Å². The summed E-state index contributed by atoms with van der Waals surface area (Å²) in [5.41, 5.74) is 5.10. The van der Waals surface area contributed by atoms with Crippen LogP contribution < -0.4 is 10.5 Å². The fraction of sp³-hybridized carbons (Fsp3) is 0.250. The van der Waals surface area contributed by atoms with Crippen molar-refractivity contribution in [3.05, 3.63) is 24.5 Å². The number of nitrogens with two attached hydrogens (primary N) is 1. The highest BCUT2D eigenvalue weighted by Crippen LogP contribution is 2.04. The van der Waals surface area contributed by atoms with Gasteiger partial charge in [0.25, 0.3) is 0 Å². The van der Waals surface area contributed by atoms with Gasteiger partial charge in [-0.15, -0.1) is 0 Å². The van der Waals surface area contributed by atoms with Gasteiger partial charge in [0, 0.05) is 25.4 Å². The highest BCUT2D eigenvalue weighted by molar-refractivity contribution is 7.89. The summed E-state index contributed by atoms with van der Waals surface area (Å²) in [4.78, 5) is 3.81. The van der Waals surface area contributed by atoms with Crippen LogP contribution in [0.3, 0.4) is 0 Å².